The Morgan fingerprint density at radius 1 is 1.09 bits per heavy atom. The van der Waals surface area contributed by atoms with E-state index in [1.54, 1.807) is 36.4 Å². The first-order chi connectivity index (χ1) is 20.9. The molecule has 6 rings (SSSR count). The van der Waals surface area contributed by atoms with E-state index < -0.39 is 11.8 Å². The number of likely N-dealkylation sites (tertiary alicyclic amines) is 1. The number of piperidine rings is 1. The molecule has 0 saturated carbocycles. The first-order valence-electron chi connectivity index (χ1n) is 14.4. The number of fused-ring (bicyclic) bond motifs is 1. The van der Waals surface area contributed by atoms with Crippen molar-refractivity contribution in [3.8, 4) is 5.88 Å². The van der Waals surface area contributed by atoms with Crippen LogP contribution in [-0.4, -0.2) is 53.2 Å². The van der Waals surface area contributed by atoms with Gasteiger partial charge in [0, 0.05) is 41.0 Å². The molecule has 0 unspecified atom stereocenters. The molecule has 0 spiro atoms. The second-order valence-corrected chi connectivity index (χ2v) is 11.2. The number of benzene rings is 2. The van der Waals surface area contributed by atoms with Gasteiger partial charge in [-0.3, -0.25) is 4.90 Å². The first-order valence-corrected chi connectivity index (χ1v) is 14.7. The van der Waals surface area contributed by atoms with Gasteiger partial charge in [-0.15, -0.1) is 0 Å². The van der Waals surface area contributed by atoms with Crippen molar-refractivity contribution < 1.29 is 19.0 Å². The van der Waals surface area contributed by atoms with Crippen molar-refractivity contribution in [3.05, 3.63) is 106 Å². The summed E-state index contributed by atoms with van der Waals surface area (Å²) in [6.45, 7) is 5.87. The number of ether oxygens (including phenoxy) is 1. The van der Waals surface area contributed by atoms with E-state index in [1.807, 2.05) is 24.7 Å². The van der Waals surface area contributed by atoms with Gasteiger partial charge in [-0.1, -0.05) is 23.7 Å². The summed E-state index contributed by atoms with van der Waals surface area (Å²) in [4.78, 5) is 28.1. The number of aromatic nitrogens is 5. The van der Waals surface area contributed by atoms with Gasteiger partial charge < -0.3 is 19.0 Å². The number of carboxylic acid groups (broad SMARTS) is 1. The Kier molecular flexibility index (Phi) is 8.40. The minimum absolute atomic E-state index is 0.0753. The summed E-state index contributed by atoms with van der Waals surface area (Å²) in [5.74, 6) is 0.278. The van der Waals surface area contributed by atoms with Gasteiger partial charge in [-0.2, -0.15) is 0 Å². The number of nitrogens with zero attached hydrogens (tertiary/aromatic N) is 6. The average molecular weight is 603 g/mol. The third-order valence-corrected chi connectivity index (χ3v) is 8.28. The van der Waals surface area contributed by atoms with Crippen LogP contribution in [0.4, 0.5) is 4.39 Å². The van der Waals surface area contributed by atoms with E-state index in [0.29, 0.717) is 29.6 Å². The van der Waals surface area contributed by atoms with Crippen molar-refractivity contribution in [2.45, 2.75) is 51.9 Å². The molecule has 4 heterocycles. The lowest BCUT2D eigenvalue weighted by Gasteiger charge is -2.31. The summed E-state index contributed by atoms with van der Waals surface area (Å²) in [7, 11) is 0. The average Bonchev–Trinajstić information content (AvgIpc) is 3.61. The molecule has 3 aromatic heterocycles. The number of carboxylic acids is 1. The molecule has 222 valence electrons. The fraction of sp³-hybridized carbons (Fsp3) is 0.312. The highest BCUT2D eigenvalue weighted by molar-refractivity contribution is 6.30. The SMILES string of the molecule is CCn1cncc1Cn1c(CN2CCC(c3cccc(OCc4ccc(Cl)cc4F)n3)CC2)nc2ccc(C(=O)O)cc21. The maximum atomic E-state index is 14.2. The molecule has 1 aliphatic heterocycles. The molecule has 9 nitrogen and oxygen atoms in total. The standard InChI is InChI=1S/C32H32ClFN6O3/c1-2-39-20-35-16-25(39)17-40-29-14-22(32(41)42)7-9-28(29)36-30(40)18-38-12-10-21(11-13-38)27-4-3-5-31(37-27)43-19-23-6-8-24(33)15-26(23)34/h3-9,14-16,20-21H,2,10-13,17-19H2,1H3,(H,41,42). The molecule has 2 aromatic carbocycles. The minimum Gasteiger partial charge on any atom is -0.478 e. The van der Waals surface area contributed by atoms with Gasteiger partial charge in [0.1, 0.15) is 18.2 Å². The van der Waals surface area contributed by atoms with E-state index in [0.717, 1.165) is 60.7 Å². The Balaban J connectivity index is 1.14. The van der Waals surface area contributed by atoms with Crippen LogP contribution in [0.15, 0.2) is 67.1 Å². The Labute approximate surface area is 253 Å². The molecular formula is C32H32ClFN6O3. The van der Waals surface area contributed by atoms with Gasteiger partial charge in [0.25, 0.3) is 0 Å². The zero-order chi connectivity index (χ0) is 29.9. The van der Waals surface area contributed by atoms with Gasteiger partial charge in [0.15, 0.2) is 0 Å². The van der Waals surface area contributed by atoms with E-state index in [9.17, 15) is 14.3 Å². The van der Waals surface area contributed by atoms with Crippen LogP contribution >= 0.6 is 11.6 Å². The molecule has 0 atom stereocenters. The summed E-state index contributed by atoms with van der Waals surface area (Å²) >= 11 is 5.85. The molecule has 5 aromatic rings. The number of hydrogen-bond acceptors (Lipinski definition) is 6. The maximum absolute atomic E-state index is 14.2. The quantitative estimate of drug-likeness (QED) is 0.205. The zero-order valence-corrected chi connectivity index (χ0v) is 24.5. The van der Waals surface area contributed by atoms with Crippen molar-refractivity contribution in [2.24, 2.45) is 0 Å². The van der Waals surface area contributed by atoms with Crippen molar-refractivity contribution in [1.82, 2.24) is 29.0 Å². The fourth-order valence-corrected chi connectivity index (χ4v) is 5.80. The summed E-state index contributed by atoms with van der Waals surface area (Å²) in [5, 5.41) is 9.94. The predicted molar refractivity (Wildman–Crippen MR) is 161 cm³/mol. The largest absolute Gasteiger partial charge is 0.478 e. The van der Waals surface area contributed by atoms with Gasteiger partial charge in [-0.25, -0.2) is 24.1 Å². The zero-order valence-electron chi connectivity index (χ0n) is 23.8. The van der Waals surface area contributed by atoms with Crippen LogP contribution in [0.1, 0.15) is 58.8 Å². The minimum atomic E-state index is -0.961. The molecular weight excluding hydrogens is 571 g/mol. The first kappa shape index (κ1) is 28.8. The Bertz CT molecular complexity index is 1760. The smallest absolute Gasteiger partial charge is 0.335 e. The van der Waals surface area contributed by atoms with E-state index in [1.165, 1.54) is 6.07 Å². The summed E-state index contributed by atoms with van der Waals surface area (Å²) in [5.41, 5.74) is 4.24. The lowest BCUT2D eigenvalue weighted by atomic mass is 9.93. The van der Waals surface area contributed by atoms with Crippen LogP contribution < -0.4 is 4.74 Å². The van der Waals surface area contributed by atoms with Crippen molar-refractivity contribution in [2.75, 3.05) is 13.1 Å². The molecule has 11 heteroatoms. The van der Waals surface area contributed by atoms with Crippen LogP contribution in [0, 0.1) is 5.82 Å². The number of pyridine rings is 1. The number of aryl methyl sites for hydroxylation is 1. The molecule has 43 heavy (non-hydrogen) atoms. The predicted octanol–water partition coefficient (Wildman–Crippen LogP) is 6.15. The Morgan fingerprint density at radius 3 is 2.70 bits per heavy atom. The lowest BCUT2D eigenvalue weighted by Crippen LogP contribution is -2.33. The van der Waals surface area contributed by atoms with E-state index in [4.69, 9.17) is 26.3 Å². The summed E-state index contributed by atoms with van der Waals surface area (Å²) in [6.07, 6.45) is 5.51. The van der Waals surface area contributed by atoms with Gasteiger partial charge in [-0.05, 0) is 69.3 Å². The van der Waals surface area contributed by atoms with Gasteiger partial charge in [0.05, 0.1) is 41.7 Å². The van der Waals surface area contributed by atoms with Gasteiger partial charge >= 0.3 is 5.97 Å². The maximum Gasteiger partial charge on any atom is 0.335 e. The molecule has 0 amide bonds. The van der Waals surface area contributed by atoms with Gasteiger partial charge in [0.2, 0.25) is 5.88 Å². The molecule has 0 bridgehead atoms. The number of carbonyl (C=O) groups is 1. The highest BCUT2D eigenvalue weighted by Crippen LogP contribution is 2.30. The Morgan fingerprint density at radius 2 is 1.93 bits per heavy atom. The normalized spacial score (nSPS) is 14.4. The monoisotopic (exact) mass is 602 g/mol. The second-order valence-electron chi connectivity index (χ2n) is 10.8. The third kappa shape index (κ3) is 6.40. The number of imidazole rings is 2. The summed E-state index contributed by atoms with van der Waals surface area (Å²) in [6, 6.07) is 15.4. The number of aromatic carboxylic acids is 1. The van der Waals surface area contributed by atoms with Crippen LogP contribution in [0.2, 0.25) is 5.02 Å². The number of hydrogen-bond donors (Lipinski definition) is 1. The van der Waals surface area contributed by atoms with E-state index in [2.05, 4.69) is 25.9 Å². The van der Waals surface area contributed by atoms with Crippen molar-refractivity contribution in [3.63, 3.8) is 0 Å². The molecule has 1 fully saturated rings. The third-order valence-electron chi connectivity index (χ3n) is 8.04. The van der Waals surface area contributed by atoms with E-state index in [-0.39, 0.29) is 18.1 Å². The highest BCUT2D eigenvalue weighted by Gasteiger charge is 2.24. The van der Waals surface area contributed by atoms with Crippen molar-refractivity contribution in [1.29, 1.82) is 0 Å². The van der Waals surface area contributed by atoms with Crippen LogP contribution in [0.25, 0.3) is 11.0 Å². The number of rotatable bonds is 10. The van der Waals surface area contributed by atoms with Crippen molar-refractivity contribution >= 4 is 28.6 Å². The molecule has 0 aliphatic carbocycles. The van der Waals surface area contributed by atoms with Crippen LogP contribution in [0.5, 0.6) is 5.88 Å². The molecule has 1 N–H and O–H groups in total. The lowest BCUT2D eigenvalue weighted by molar-refractivity contribution is 0.0697. The molecule has 1 aliphatic rings. The van der Waals surface area contributed by atoms with Crippen LogP contribution in [-0.2, 0) is 26.2 Å². The number of halogens is 2. The topological polar surface area (TPSA) is 98.3 Å². The van der Waals surface area contributed by atoms with Crippen LogP contribution in [0.3, 0.4) is 0 Å². The fourth-order valence-electron chi connectivity index (χ4n) is 5.65. The molecule has 0 radical (unpaired) electrons. The Hall–Kier alpha value is -4.28. The second kappa shape index (κ2) is 12.5. The highest BCUT2D eigenvalue weighted by atomic mass is 35.5. The molecule has 1 saturated heterocycles. The summed E-state index contributed by atoms with van der Waals surface area (Å²) < 4.78 is 24.2. The van der Waals surface area contributed by atoms with E-state index >= 15 is 0 Å².